The van der Waals surface area contributed by atoms with Crippen LogP contribution in [-0.2, 0) is 22.7 Å². The van der Waals surface area contributed by atoms with Gasteiger partial charge in [0.2, 0.25) is 11.8 Å². The van der Waals surface area contributed by atoms with Crippen molar-refractivity contribution in [3.63, 3.8) is 0 Å². The van der Waals surface area contributed by atoms with Gasteiger partial charge in [-0.2, -0.15) is 0 Å². The lowest BCUT2D eigenvalue weighted by atomic mass is 10.00. The largest absolute Gasteiger partial charge is 0.340 e. The molecular weight excluding hydrogens is 647 g/mol. The van der Waals surface area contributed by atoms with Crippen molar-refractivity contribution in [3.05, 3.63) is 107 Å². The van der Waals surface area contributed by atoms with Crippen molar-refractivity contribution in [2.24, 2.45) is 5.92 Å². The van der Waals surface area contributed by atoms with E-state index in [1.165, 1.54) is 10.4 Å². The smallest absolute Gasteiger partial charge is 0.250 e. The number of carbonyl (C=O) groups excluding carboxylic acids is 2. The standard InChI is InChI=1S/C40H47N5O2S2/c1-5-22-41-26-36-42-24-34(48-36)31-18-14-29(15-19-31)30-16-20-32(21-17-30)35-25-43-37(49-35)27-45(23-6-2)40(47)38(33-12-10-9-11-13-33)44-39(46)28(7-3)8-4/h9-21,24-25,28,38,41H,5-8,22-23,26-27H2,1-4H3,(H,44,46). The van der Waals surface area contributed by atoms with Gasteiger partial charge in [-0.1, -0.05) is 107 Å². The Kier molecular flexibility index (Phi) is 13.3. The van der Waals surface area contributed by atoms with Crippen LogP contribution in [0.5, 0.6) is 0 Å². The molecule has 1 atom stereocenters. The molecule has 0 saturated carbocycles. The molecule has 0 aliphatic carbocycles. The van der Waals surface area contributed by atoms with Gasteiger partial charge in [0.15, 0.2) is 0 Å². The molecule has 3 aromatic carbocycles. The van der Waals surface area contributed by atoms with Crippen LogP contribution in [0.2, 0.25) is 0 Å². The Balaban J connectivity index is 1.26. The summed E-state index contributed by atoms with van der Waals surface area (Å²) in [5, 5.41) is 8.47. The summed E-state index contributed by atoms with van der Waals surface area (Å²) in [5.74, 6) is -0.316. The van der Waals surface area contributed by atoms with Crippen molar-refractivity contribution < 1.29 is 9.59 Å². The maximum atomic E-state index is 14.1. The molecule has 0 aliphatic rings. The van der Waals surface area contributed by atoms with Gasteiger partial charge >= 0.3 is 0 Å². The van der Waals surface area contributed by atoms with E-state index in [0.29, 0.717) is 13.1 Å². The summed E-state index contributed by atoms with van der Waals surface area (Å²) in [6.45, 7) is 11.0. The highest BCUT2D eigenvalue weighted by Crippen LogP contribution is 2.32. The molecule has 0 bridgehead atoms. The minimum Gasteiger partial charge on any atom is -0.340 e. The third kappa shape index (κ3) is 9.50. The minimum absolute atomic E-state index is 0.0797. The molecular formula is C40H47N5O2S2. The molecule has 49 heavy (non-hydrogen) atoms. The van der Waals surface area contributed by atoms with Gasteiger partial charge in [-0.25, -0.2) is 9.97 Å². The van der Waals surface area contributed by atoms with Gasteiger partial charge in [-0.15, -0.1) is 22.7 Å². The number of rotatable bonds is 17. The van der Waals surface area contributed by atoms with Crippen LogP contribution in [0.4, 0.5) is 0 Å². The van der Waals surface area contributed by atoms with Crippen molar-refractivity contribution in [1.82, 2.24) is 25.5 Å². The lowest BCUT2D eigenvalue weighted by Crippen LogP contribution is -2.44. The van der Waals surface area contributed by atoms with E-state index in [1.807, 2.05) is 61.5 Å². The molecule has 256 valence electrons. The molecule has 0 saturated heterocycles. The number of aromatic nitrogens is 2. The van der Waals surface area contributed by atoms with Crippen molar-refractivity contribution in [3.8, 4) is 32.0 Å². The van der Waals surface area contributed by atoms with E-state index < -0.39 is 6.04 Å². The number of nitrogens with one attached hydrogen (secondary N) is 2. The molecule has 2 N–H and O–H groups in total. The molecule has 0 spiro atoms. The van der Waals surface area contributed by atoms with Crippen LogP contribution in [0.1, 0.15) is 75.0 Å². The lowest BCUT2D eigenvalue weighted by Gasteiger charge is -2.28. The van der Waals surface area contributed by atoms with Gasteiger partial charge in [0.05, 0.1) is 16.3 Å². The number of carbonyl (C=O) groups is 2. The Morgan fingerprint density at radius 2 is 1.27 bits per heavy atom. The van der Waals surface area contributed by atoms with Crippen molar-refractivity contribution >= 4 is 34.5 Å². The van der Waals surface area contributed by atoms with Crippen LogP contribution in [-0.4, -0.2) is 39.8 Å². The molecule has 2 amide bonds. The summed E-state index contributed by atoms with van der Waals surface area (Å²) in [6, 6.07) is 26.0. The topological polar surface area (TPSA) is 87.2 Å². The average molecular weight is 694 g/mol. The predicted octanol–water partition coefficient (Wildman–Crippen LogP) is 9.13. The van der Waals surface area contributed by atoms with Crippen LogP contribution in [0.25, 0.3) is 32.0 Å². The third-order valence-corrected chi connectivity index (χ3v) is 10.7. The lowest BCUT2D eigenvalue weighted by molar-refractivity contribution is -0.138. The summed E-state index contributed by atoms with van der Waals surface area (Å²) < 4.78 is 0. The molecule has 5 aromatic rings. The predicted molar refractivity (Wildman–Crippen MR) is 203 cm³/mol. The van der Waals surface area contributed by atoms with E-state index >= 15 is 0 Å². The Labute approximate surface area is 298 Å². The van der Waals surface area contributed by atoms with Gasteiger partial charge in [-0.3, -0.25) is 9.59 Å². The van der Waals surface area contributed by atoms with Gasteiger partial charge in [0, 0.05) is 31.4 Å². The monoisotopic (exact) mass is 693 g/mol. The first-order valence-corrected chi connectivity index (χ1v) is 19.0. The molecule has 9 heteroatoms. The molecule has 1 unspecified atom stereocenters. The highest BCUT2D eigenvalue weighted by atomic mass is 32.1. The summed E-state index contributed by atoms with van der Waals surface area (Å²) in [7, 11) is 0. The third-order valence-electron chi connectivity index (χ3n) is 8.64. The fourth-order valence-corrected chi connectivity index (χ4v) is 7.64. The van der Waals surface area contributed by atoms with Crippen molar-refractivity contribution in [2.75, 3.05) is 13.1 Å². The van der Waals surface area contributed by atoms with E-state index in [-0.39, 0.29) is 17.7 Å². The Morgan fingerprint density at radius 1 is 0.714 bits per heavy atom. The normalized spacial score (nSPS) is 11.9. The van der Waals surface area contributed by atoms with Crippen molar-refractivity contribution in [2.45, 2.75) is 72.5 Å². The van der Waals surface area contributed by atoms with Crippen LogP contribution < -0.4 is 10.6 Å². The van der Waals surface area contributed by atoms with Crippen LogP contribution >= 0.6 is 22.7 Å². The molecule has 2 heterocycles. The van der Waals surface area contributed by atoms with Crippen molar-refractivity contribution in [1.29, 1.82) is 0 Å². The number of hydrogen-bond donors (Lipinski definition) is 2. The Bertz CT molecular complexity index is 1760. The SMILES string of the molecule is CCCNCc1ncc(-c2ccc(-c3ccc(-c4cnc(CN(CCC)C(=O)C(NC(=O)C(CC)CC)c5ccccc5)s4)cc3)cc2)s1. The number of hydrogen-bond acceptors (Lipinski definition) is 7. The van der Waals surface area contributed by atoms with E-state index in [1.54, 1.807) is 22.7 Å². The average Bonchev–Trinajstić information content (AvgIpc) is 3.82. The maximum absolute atomic E-state index is 14.1. The second kappa shape index (κ2) is 18.0. The van der Waals surface area contributed by atoms with Gasteiger partial charge in [0.25, 0.3) is 0 Å². The number of thiazole rings is 2. The number of benzene rings is 3. The highest BCUT2D eigenvalue weighted by Gasteiger charge is 2.29. The maximum Gasteiger partial charge on any atom is 0.250 e. The molecule has 7 nitrogen and oxygen atoms in total. The molecule has 0 fully saturated rings. The first-order chi connectivity index (χ1) is 23.9. The second-order valence-electron chi connectivity index (χ2n) is 12.2. The summed E-state index contributed by atoms with van der Waals surface area (Å²) in [5.41, 5.74) is 5.36. The summed E-state index contributed by atoms with van der Waals surface area (Å²) in [6.07, 6.45) is 7.24. The number of amides is 2. The first-order valence-electron chi connectivity index (χ1n) is 17.4. The zero-order valence-electron chi connectivity index (χ0n) is 28.9. The van der Waals surface area contributed by atoms with Gasteiger partial charge < -0.3 is 15.5 Å². The van der Waals surface area contributed by atoms with E-state index in [9.17, 15) is 9.59 Å². The molecule has 0 aliphatic heterocycles. The van der Waals surface area contributed by atoms with Crippen LogP contribution in [0.3, 0.4) is 0 Å². The summed E-state index contributed by atoms with van der Waals surface area (Å²) >= 11 is 3.33. The van der Waals surface area contributed by atoms with Crippen LogP contribution in [0.15, 0.2) is 91.3 Å². The minimum atomic E-state index is -0.741. The quantitative estimate of drug-likeness (QED) is 0.0949. The molecule has 2 aromatic heterocycles. The van der Waals surface area contributed by atoms with Gasteiger partial charge in [-0.05, 0) is 60.0 Å². The van der Waals surface area contributed by atoms with E-state index in [0.717, 1.165) is 75.9 Å². The van der Waals surface area contributed by atoms with E-state index in [2.05, 4.69) is 78.0 Å². The first kappa shape index (κ1) is 36.1. The second-order valence-corrected chi connectivity index (χ2v) is 14.4. The Hall–Kier alpha value is -4.18. The fraction of sp³-hybridized carbons (Fsp3) is 0.350. The van der Waals surface area contributed by atoms with Crippen LogP contribution in [0, 0.1) is 5.92 Å². The molecule has 0 radical (unpaired) electrons. The number of nitrogens with zero attached hydrogens (tertiary/aromatic N) is 3. The van der Waals surface area contributed by atoms with Gasteiger partial charge in [0.1, 0.15) is 16.1 Å². The van der Waals surface area contributed by atoms with E-state index in [4.69, 9.17) is 4.98 Å². The molecule has 5 rings (SSSR count). The summed E-state index contributed by atoms with van der Waals surface area (Å²) in [4.78, 5) is 40.5. The highest BCUT2D eigenvalue weighted by molar-refractivity contribution is 7.15. The zero-order chi connectivity index (χ0) is 34.6. The fourth-order valence-electron chi connectivity index (χ4n) is 5.80. The Morgan fingerprint density at radius 3 is 1.82 bits per heavy atom. The zero-order valence-corrected chi connectivity index (χ0v) is 30.6.